The van der Waals surface area contributed by atoms with E-state index in [1.54, 1.807) is 0 Å². The van der Waals surface area contributed by atoms with E-state index in [0.717, 1.165) is 12.8 Å². The molecule has 0 heterocycles. The van der Waals surface area contributed by atoms with Gasteiger partial charge in [-0.2, -0.15) is 0 Å². The predicted octanol–water partition coefficient (Wildman–Crippen LogP) is 3.02. The summed E-state index contributed by atoms with van der Waals surface area (Å²) in [4.78, 5) is 7.48. The Morgan fingerprint density at radius 2 is 1.92 bits per heavy atom. The van der Waals surface area contributed by atoms with Gasteiger partial charge in [0.25, 0.3) is 0 Å². The topological polar surface area (TPSA) is 20.2 Å². The van der Waals surface area contributed by atoms with Gasteiger partial charge in [0.05, 0.1) is 0 Å². The second kappa shape index (κ2) is 3.49. The summed E-state index contributed by atoms with van der Waals surface area (Å²) in [5.41, 5.74) is 0. The van der Waals surface area contributed by atoms with Crippen LogP contribution in [-0.4, -0.2) is 29.6 Å². The zero-order chi connectivity index (χ0) is 9.41. The van der Waals surface area contributed by atoms with Crippen molar-refractivity contribution in [1.29, 1.82) is 0 Å². The minimum atomic E-state index is -1.80. The Hall–Kier alpha value is 0.759. The molecule has 12 heavy (non-hydrogen) atoms. The fourth-order valence-corrected chi connectivity index (χ4v) is 7.20. The molecule has 0 radical (unpaired) electrons. The molecule has 0 aromatic rings. The predicted molar refractivity (Wildman–Crippen MR) is 56.2 cm³/mol. The molecule has 1 fully saturated rings. The first-order valence-corrected chi connectivity index (χ1v) is 15.0. The van der Waals surface area contributed by atoms with Gasteiger partial charge in [-0.15, -0.1) is 0 Å². The summed E-state index contributed by atoms with van der Waals surface area (Å²) in [6.07, 6.45) is 4.72. The van der Waals surface area contributed by atoms with E-state index in [1.165, 1.54) is 12.8 Å². The standard InChI is InChI=1S/C7H13O.3CH3.Sn/c1-6-3-2-4-7(8)5-6;;;;/h7-8H,2-5H2,1H3;3*1H3;/t7-;;;;/m1..../s1. The Morgan fingerprint density at radius 1 is 1.33 bits per heavy atom. The van der Waals surface area contributed by atoms with Gasteiger partial charge in [0.15, 0.2) is 0 Å². The summed E-state index contributed by atoms with van der Waals surface area (Å²) in [5.74, 6) is 0. The molecule has 0 amide bonds. The van der Waals surface area contributed by atoms with Gasteiger partial charge in [-0.3, -0.25) is 0 Å². The maximum atomic E-state index is 9.64. The van der Waals surface area contributed by atoms with Crippen LogP contribution >= 0.6 is 0 Å². The molecule has 1 rings (SSSR count). The number of hydrogen-bond donors (Lipinski definition) is 1. The van der Waals surface area contributed by atoms with Gasteiger partial charge < -0.3 is 0 Å². The first-order valence-electron chi connectivity index (χ1n) is 5.03. The van der Waals surface area contributed by atoms with Crippen LogP contribution in [0.15, 0.2) is 0 Å². The van der Waals surface area contributed by atoms with Crippen LogP contribution in [0.1, 0.15) is 32.6 Å². The van der Waals surface area contributed by atoms with E-state index in [9.17, 15) is 5.11 Å². The fourth-order valence-electron chi connectivity index (χ4n) is 2.13. The average Bonchev–Trinajstić information content (AvgIpc) is 1.83. The molecule has 0 aromatic heterocycles. The summed E-state index contributed by atoms with van der Waals surface area (Å²) in [6, 6.07) is 0. The van der Waals surface area contributed by atoms with Crippen LogP contribution in [0.3, 0.4) is 0 Å². The Kier molecular flexibility index (Phi) is 3.15. The van der Waals surface area contributed by atoms with Crippen molar-refractivity contribution < 1.29 is 5.11 Å². The Morgan fingerprint density at radius 3 is 2.25 bits per heavy atom. The third-order valence-electron chi connectivity index (χ3n) is 3.76. The third kappa shape index (κ3) is 2.16. The number of rotatable bonds is 1. The van der Waals surface area contributed by atoms with Crippen LogP contribution in [0.2, 0.25) is 18.2 Å². The van der Waals surface area contributed by atoms with Crippen molar-refractivity contribution in [1.82, 2.24) is 0 Å². The second-order valence-corrected chi connectivity index (χ2v) is 21.8. The van der Waals surface area contributed by atoms with Gasteiger partial charge in [0, 0.05) is 0 Å². The number of aliphatic hydroxyl groups excluding tert-OH is 1. The van der Waals surface area contributed by atoms with E-state index in [-0.39, 0.29) is 6.10 Å². The molecule has 0 bridgehead atoms. The minimum absolute atomic E-state index is 0.000301. The van der Waals surface area contributed by atoms with Crippen molar-refractivity contribution in [3.8, 4) is 0 Å². The first kappa shape index (κ1) is 10.8. The Bertz CT molecular complexity index is 162. The third-order valence-corrected chi connectivity index (χ3v) is 15.4. The Balaban J connectivity index is 2.70. The van der Waals surface area contributed by atoms with E-state index in [4.69, 9.17) is 0 Å². The maximum absolute atomic E-state index is 9.64. The van der Waals surface area contributed by atoms with Crippen LogP contribution < -0.4 is 0 Å². The molecular weight excluding hydrogens is 255 g/mol. The van der Waals surface area contributed by atoms with Crippen molar-refractivity contribution >= 4 is 18.4 Å². The van der Waals surface area contributed by atoms with E-state index in [0.29, 0.717) is 3.43 Å². The van der Waals surface area contributed by atoms with Crippen molar-refractivity contribution in [2.45, 2.75) is 57.0 Å². The molecule has 2 atom stereocenters. The average molecular weight is 277 g/mol. The quantitative estimate of drug-likeness (QED) is 0.730. The molecular formula is C10H22OSn. The molecule has 72 valence electrons. The zero-order valence-corrected chi connectivity index (χ0v) is 11.7. The summed E-state index contributed by atoms with van der Waals surface area (Å²) >= 11 is -1.80. The molecule has 1 N–H and O–H groups in total. The number of aliphatic hydroxyl groups is 1. The van der Waals surface area contributed by atoms with Crippen molar-refractivity contribution in [3.05, 3.63) is 0 Å². The van der Waals surface area contributed by atoms with Crippen LogP contribution in [0.4, 0.5) is 0 Å². The molecule has 1 saturated carbocycles. The molecule has 1 aliphatic carbocycles. The first-order chi connectivity index (χ1) is 5.35. The molecule has 0 aliphatic heterocycles. The van der Waals surface area contributed by atoms with Gasteiger partial charge in [-0.05, 0) is 0 Å². The molecule has 2 heteroatoms. The SMILES string of the molecule is C[C@@]1([Sn]([CH3])([CH3])[CH3])CCC[C@@H](O)C1. The van der Waals surface area contributed by atoms with Gasteiger partial charge in [-0.25, -0.2) is 0 Å². The molecule has 0 unspecified atom stereocenters. The summed E-state index contributed by atoms with van der Waals surface area (Å²) in [6.45, 7) is 2.41. The Labute approximate surface area is 80.4 Å². The summed E-state index contributed by atoms with van der Waals surface area (Å²) in [7, 11) is 0. The second-order valence-electron chi connectivity index (χ2n) is 5.56. The summed E-state index contributed by atoms with van der Waals surface area (Å²) < 4.78 is 0.548. The van der Waals surface area contributed by atoms with Gasteiger partial charge in [-0.1, -0.05) is 0 Å². The van der Waals surface area contributed by atoms with E-state index >= 15 is 0 Å². The monoisotopic (exact) mass is 278 g/mol. The van der Waals surface area contributed by atoms with E-state index < -0.39 is 18.4 Å². The van der Waals surface area contributed by atoms with E-state index in [2.05, 4.69) is 21.7 Å². The fraction of sp³-hybridized carbons (Fsp3) is 1.00. The van der Waals surface area contributed by atoms with Gasteiger partial charge >= 0.3 is 80.4 Å². The van der Waals surface area contributed by atoms with Crippen LogP contribution in [0, 0.1) is 0 Å². The number of hydrogen-bond acceptors (Lipinski definition) is 1. The molecule has 1 aliphatic rings. The van der Waals surface area contributed by atoms with Crippen LogP contribution in [0.5, 0.6) is 0 Å². The van der Waals surface area contributed by atoms with Gasteiger partial charge in [0.2, 0.25) is 0 Å². The summed E-state index contributed by atoms with van der Waals surface area (Å²) in [5, 5.41) is 9.64. The van der Waals surface area contributed by atoms with Crippen LogP contribution in [0.25, 0.3) is 0 Å². The molecule has 0 spiro atoms. The molecule has 0 aromatic carbocycles. The molecule has 1 nitrogen and oxygen atoms in total. The van der Waals surface area contributed by atoms with Gasteiger partial charge in [0.1, 0.15) is 0 Å². The van der Waals surface area contributed by atoms with Crippen LogP contribution in [-0.2, 0) is 0 Å². The molecule has 0 saturated heterocycles. The van der Waals surface area contributed by atoms with Crippen molar-refractivity contribution in [2.24, 2.45) is 0 Å². The van der Waals surface area contributed by atoms with Crippen molar-refractivity contribution in [3.63, 3.8) is 0 Å². The zero-order valence-electron chi connectivity index (χ0n) is 8.85. The van der Waals surface area contributed by atoms with E-state index in [1.807, 2.05) is 0 Å². The van der Waals surface area contributed by atoms with Crippen molar-refractivity contribution in [2.75, 3.05) is 0 Å². The normalized spacial score (nSPS) is 38.2.